The highest BCUT2D eigenvalue weighted by Crippen LogP contribution is 2.35. The third kappa shape index (κ3) is 4.08. The number of hydrogen-bond acceptors (Lipinski definition) is 3. The molecule has 1 saturated carbocycles. The van der Waals surface area contributed by atoms with Crippen LogP contribution >= 0.6 is 11.6 Å². The summed E-state index contributed by atoms with van der Waals surface area (Å²) in [5, 5.41) is 3.90. The topological polar surface area (TPSA) is 28.2 Å². The molecule has 0 unspecified atom stereocenters. The lowest BCUT2D eigenvalue weighted by atomic mass is 10.1. The molecule has 1 aromatic rings. The number of halogens is 1. The highest BCUT2D eigenvalue weighted by Gasteiger charge is 2.31. The van der Waals surface area contributed by atoms with E-state index in [9.17, 15) is 0 Å². The molecule has 0 aliphatic heterocycles. The number of anilines is 1. The molecule has 0 amide bonds. The molecule has 1 aromatic heterocycles. The van der Waals surface area contributed by atoms with Crippen molar-refractivity contribution in [3.05, 3.63) is 22.8 Å². The monoisotopic (exact) mass is 281 g/mol. The summed E-state index contributed by atoms with van der Waals surface area (Å²) in [6.07, 6.45) is 5.66. The lowest BCUT2D eigenvalue weighted by Gasteiger charge is -2.25. The van der Waals surface area contributed by atoms with Crippen molar-refractivity contribution in [3.63, 3.8) is 0 Å². The zero-order chi connectivity index (χ0) is 13.8. The maximum absolute atomic E-state index is 6.42. The second kappa shape index (κ2) is 6.58. The molecule has 3 nitrogen and oxygen atoms in total. The van der Waals surface area contributed by atoms with E-state index in [1.54, 1.807) is 0 Å². The Morgan fingerprint density at radius 3 is 2.74 bits per heavy atom. The summed E-state index contributed by atoms with van der Waals surface area (Å²) in [7, 11) is 1.93. The second-order valence-electron chi connectivity index (χ2n) is 5.79. The van der Waals surface area contributed by atoms with Crippen molar-refractivity contribution in [2.24, 2.45) is 5.92 Å². The van der Waals surface area contributed by atoms with Crippen LogP contribution in [-0.2, 0) is 6.54 Å². The van der Waals surface area contributed by atoms with Crippen molar-refractivity contribution in [2.45, 2.75) is 45.7 Å². The van der Waals surface area contributed by atoms with Gasteiger partial charge in [0.2, 0.25) is 0 Å². The van der Waals surface area contributed by atoms with Gasteiger partial charge < -0.3 is 10.2 Å². The van der Waals surface area contributed by atoms with Gasteiger partial charge in [0.25, 0.3) is 0 Å². The first-order valence-electron chi connectivity index (χ1n) is 7.17. The standard InChI is InChI=1S/C15H24ClN3/c1-11(2)6-7-19(13-4-5-13)15-14(16)8-12(9-17-3)10-18-15/h8,10-11,13,17H,4-7,9H2,1-3H3. The van der Waals surface area contributed by atoms with Crippen molar-refractivity contribution in [2.75, 3.05) is 18.5 Å². The maximum atomic E-state index is 6.42. The molecule has 1 heterocycles. The molecule has 19 heavy (non-hydrogen) atoms. The minimum Gasteiger partial charge on any atom is -0.352 e. The molecule has 0 aromatic carbocycles. The average Bonchev–Trinajstić information content (AvgIpc) is 3.16. The Balaban J connectivity index is 2.12. The van der Waals surface area contributed by atoms with Crippen LogP contribution in [0.5, 0.6) is 0 Å². The first kappa shape index (κ1) is 14.6. The van der Waals surface area contributed by atoms with Crippen LogP contribution in [0.15, 0.2) is 12.3 Å². The van der Waals surface area contributed by atoms with Crippen molar-refractivity contribution in [3.8, 4) is 0 Å². The van der Waals surface area contributed by atoms with Gasteiger partial charge in [0.1, 0.15) is 5.82 Å². The molecule has 1 N–H and O–H groups in total. The molecule has 0 saturated heterocycles. The lowest BCUT2D eigenvalue weighted by Crippen LogP contribution is -2.29. The van der Waals surface area contributed by atoms with Crippen LogP contribution in [0.3, 0.4) is 0 Å². The lowest BCUT2D eigenvalue weighted by molar-refractivity contribution is 0.568. The molecule has 0 radical (unpaired) electrons. The Hall–Kier alpha value is -0.800. The van der Waals surface area contributed by atoms with Gasteiger partial charge in [0, 0.05) is 25.3 Å². The second-order valence-corrected chi connectivity index (χ2v) is 6.19. The van der Waals surface area contributed by atoms with E-state index in [0.29, 0.717) is 12.0 Å². The Morgan fingerprint density at radius 1 is 1.47 bits per heavy atom. The van der Waals surface area contributed by atoms with E-state index < -0.39 is 0 Å². The van der Waals surface area contributed by atoms with E-state index in [-0.39, 0.29) is 0 Å². The molecule has 0 bridgehead atoms. The van der Waals surface area contributed by atoms with Crippen LogP contribution in [0.1, 0.15) is 38.7 Å². The molecule has 0 spiro atoms. The van der Waals surface area contributed by atoms with Crippen LogP contribution < -0.4 is 10.2 Å². The molecule has 106 valence electrons. The molecular weight excluding hydrogens is 258 g/mol. The number of aromatic nitrogens is 1. The number of nitrogens with zero attached hydrogens (tertiary/aromatic N) is 2. The Labute approximate surface area is 121 Å². The van der Waals surface area contributed by atoms with Gasteiger partial charge in [-0.05, 0) is 43.9 Å². The van der Waals surface area contributed by atoms with Crippen molar-refractivity contribution < 1.29 is 0 Å². The quantitative estimate of drug-likeness (QED) is 0.829. The van der Waals surface area contributed by atoms with Gasteiger partial charge in [0.15, 0.2) is 0 Å². The Morgan fingerprint density at radius 2 is 2.21 bits per heavy atom. The third-order valence-corrected chi connectivity index (χ3v) is 3.74. The van der Waals surface area contributed by atoms with E-state index >= 15 is 0 Å². The minimum atomic E-state index is 0.652. The van der Waals surface area contributed by atoms with Gasteiger partial charge >= 0.3 is 0 Å². The van der Waals surface area contributed by atoms with Crippen LogP contribution in [0.4, 0.5) is 5.82 Å². The Kier molecular flexibility index (Phi) is 5.06. The van der Waals surface area contributed by atoms with Gasteiger partial charge in [0.05, 0.1) is 5.02 Å². The highest BCUT2D eigenvalue weighted by molar-refractivity contribution is 6.33. The smallest absolute Gasteiger partial charge is 0.147 e. The summed E-state index contributed by atoms with van der Waals surface area (Å²) in [6.45, 7) is 6.38. The zero-order valence-electron chi connectivity index (χ0n) is 12.1. The van der Waals surface area contributed by atoms with Crippen LogP contribution in [0.2, 0.25) is 5.02 Å². The first-order chi connectivity index (χ1) is 9.11. The number of hydrogen-bond donors (Lipinski definition) is 1. The predicted octanol–water partition coefficient (Wildman–Crippen LogP) is 3.47. The predicted molar refractivity (Wildman–Crippen MR) is 81.8 cm³/mol. The largest absolute Gasteiger partial charge is 0.352 e. The zero-order valence-corrected chi connectivity index (χ0v) is 12.9. The normalized spacial score (nSPS) is 15.0. The first-order valence-corrected chi connectivity index (χ1v) is 7.55. The molecule has 1 fully saturated rings. The summed E-state index contributed by atoms with van der Waals surface area (Å²) in [4.78, 5) is 6.98. The van der Waals surface area contributed by atoms with Gasteiger partial charge in [-0.1, -0.05) is 25.4 Å². The van der Waals surface area contributed by atoms with Gasteiger partial charge in [-0.25, -0.2) is 4.98 Å². The van der Waals surface area contributed by atoms with Crippen molar-refractivity contribution >= 4 is 17.4 Å². The van der Waals surface area contributed by atoms with Crippen molar-refractivity contribution in [1.82, 2.24) is 10.3 Å². The average molecular weight is 282 g/mol. The molecule has 2 rings (SSSR count). The van der Waals surface area contributed by atoms with E-state index in [0.717, 1.165) is 29.5 Å². The fraction of sp³-hybridized carbons (Fsp3) is 0.667. The van der Waals surface area contributed by atoms with E-state index in [1.165, 1.54) is 19.3 Å². The van der Waals surface area contributed by atoms with Crippen LogP contribution in [-0.4, -0.2) is 24.6 Å². The SMILES string of the molecule is CNCc1cnc(N(CCC(C)C)C2CC2)c(Cl)c1. The molecule has 1 aliphatic rings. The summed E-state index contributed by atoms with van der Waals surface area (Å²) >= 11 is 6.42. The summed E-state index contributed by atoms with van der Waals surface area (Å²) in [6, 6.07) is 2.68. The minimum absolute atomic E-state index is 0.652. The fourth-order valence-electron chi connectivity index (χ4n) is 2.23. The summed E-state index contributed by atoms with van der Waals surface area (Å²) in [5.41, 5.74) is 1.14. The third-order valence-electron chi connectivity index (χ3n) is 3.47. The molecule has 4 heteroatoms. The highest BCUT2D eigenvalue weighted by atomic mass is 35.5. The molecule has 0 atom stereocenters. The van der Waals surface area contributed by atoms with Gasteiger partial charge in [-0.15, -0.1) is 0 Å². The fourth-order valence-corrected chi connectivity index (χ4v) is 2.52. The van der Waals surface area contributed by atoms with Crippen molar-refractivity contribution in [1.29, 1.82) is 0 Å². The van der Waals surface area contributed by atoms with Gasteiger partial charge in [-0.3, -0.25) is 0 Å². The number of rotatable bonds is 7. The summed E-state index contributed by atoms with van der Waals surface area (Å²) in [5.74, 6) is 1.67. The van der Waals surface area contributed by atoms with E-state index in [1.807, 2.05) is 19.3 Å². The van der Waals surface area contributed by atoms with Gasteiger partial charge in [-0.2, -0.15) is 0 Å². The molecule has 1 aliphatic carbocycles. The van der Waals surface area contributed by atoms with Crippen LogP contribution in [0.25, 0.3) is 0 Å². The van der Waals surface area contributed by atoms with E-state index in [4.69, 9.17) is 11.6 Å². The number of pyridine rings is 1. The maximum Gasteiger partial charge on any atom is 0.147 e. The molecular formula is C15H24ClN3. The number of nitrogens with one attached hydrogen (secondary N) is 1. The Bertz CT molecular complexity index is 416. The summed E-state index contributed by atoms with van der Waals surface area (Å²) < 4.78 is 0. The van der Waals surface area contributed by atoms with Crippen LogP contribution in [0, 0.1) is 5.92 Å². The van der Waals surface area contributed by atoms with E-state index in [2.05, 4.69) is 29.0 Å².